The molecule has 0 bridgehead atoms. The number of nitrogens with one attached hydrogen (secondary N) is 1. The summed E-state index contributed by atoms with van der Waals surface area (Å²) in [5.41, 5.74) is 2.17. The number of hydrogen-bond donors (Lipinski definition) is 1. The van der Waals surface area contributed by atoms with Gasteiger partial charge < -0.3 is 14.8 Å². The molecule has 25 heavy (non-hydrogen) atoms. The zero-order chi connectivity index (χ0) is 17.2. The molecular weight excluding hydrogens is 320 g/mol. The van der Waals surface area contributed by atoms with Gasteiger partial charge >= 0.3 is 6.09 Å². The standard InChI is InChI=1S/C19H18N2O4/c22-18(20-16-8-10-24-17-7-2-1-6-15(16)17)13-4-3-5-14(12-13)21-9-11-25-19(21)23/h1-7,12,16H,8-11H2,(H,20,22). The summed E-state index contributed by atoms with van der Waals surface area (Å²) in [6, 6.07) is 14.7. The Labute approximate surface area is 145 Å². The molecule has 1 saturated heterocycles. The predicted octanol–water partition coefficient (Wildman–Crippen LogP) is 2.90. The smallest absolute Gasteiger partial charge is 0.414 e. The Bertz CT molecular complexity index is 821. The highest BCUT2D eigenvalue weighted by molar-refractivity contribution is 5.97. The average molecular weight is 338 g/mol. The molecule has 0 aliphatic carbocycles. The van der Waals surface area contributed by atoms with Gasteiger partial charge in [-0.1, -0.05) is 24.3 Å². The van der Waals surface area contributed by atoms with Crippen LogP contribution in [0.2, 0.25) is 0 Å². The number of hydrogen-bond acceptors (Lipinski definition) is 4. The Kier molecular flexibility index (Phi) is 4.01. The first-order valence-electron chi connectivity index (χ1n) is 8.29. The molecule has 4 rings (SSSR count). The van der Waals surface area contributed by atoms with Crippen molar-refractivity contribution in [1.82, 2.24) is 5.32 Å². The molecule has 0 aromatic heterocycles. The number of benzene rings is 2. The SMILES string of the molecule is O=C(NC1CCOc2ccccc21)c1cccc(N2CCOC2=O)c1. The topological polar surface area (TPSA) is 67.9 Å². The van der Waals surface area contributed by atoms with E-state index >= 15 is 0 Å². The Morgan fingerprint density at radius 3 is 2.80 bits per heavy atom. The minimum Gasteiger partial charge on any atom is -0.493 e. The highest BCUT2D eigenvalue weighted by Crippen LogP contribution is 2.31. The van der Waals surface area contributed by atoms with Crippen molar-refractivity contribution < 1.29 is 19.1 Å². The van der Waals surface area contributed by atoms with Crippen molar-refractivity contribution in [3.63, 3.8) is 0 Å². The first-order valence-corrected chi connectivity index (χ1v) is 8.29. The zero-order valence-corrected chi connectivity index (χ0v) is 13.6. The van der Waals surface area contributed by atoms with Gasteiger partial charge in [-0.3, -0.25) is 9.69 Å². The average Bonchev–Trinajstić information content (AvgIpc) is 3.08. The molecule has 0 spiro atoms. The summed E-state index contributed by atoms with van der Waals surface area (Å²) in [4.78, 5) is 25.9. The van der Waals surface area contributed by atoms with E-state index in [4.69, 9.17) is 9.47 Å². The summed E-state index contributed by atoms with van der Waals surface area (Å²) in [5.74, 6) is 0.642. The van der Waals surface area contributed by atoms with Crippen molar-refractivity contribution >= 4 is 17.7 Å². The fourth-order valence-electron chi connectivity index (χ4n) is 3.18. The van der Waals surface area contributed by atoms with Crippen LogP contribution in [0.5, 0.6) is 5.75 Å². The van der Waals surface area contributed by atoms with E-state index in [1.165, 1.54) is 4.90 Å². The van der Waals surface area contributed by atoms with Crippen molar-refractivity contribution in [3.05, 3.63) is 59.7 Å². The largest absolute Gasteiger partial charge is 0.493 e. The molecule has 2 aromatic rings. The minimum absolute atomic E-state index is 0.0853. The molecule has 1 N–H and O–H groups in total. The highest BCUT2D eigenvalue weighted by atomic mass is 16.6. The number of anilines is 1. The van der Waals surface area contributed by atoms with Crippen molar-refractivity contribution in [2.24, 2.45) is 0 Å². The van der Waals surface area contributed by atoms with E-state index in [-0.39, 0.29) is 18.0 Å². The Morgan fingerprint density at radius 2 is 1.96 bits per heavy atom. The predicted molar refractivity (Wildman–Crippen MR) is 91.9 cm³/mol. The van der Waals surface area contributed by atoms with E-state index in [2.05, 4.69) is 5.32 Å². The lowest BCUT2D eigenvalue weighted by Crippen LogP contribution is -2.32. The molecule has 128 valence electrons. The number of ether oxygens (including phenoxy) is 2. The van der Waals surface area contributed by atoms with Gasteiger partial charge in [0, 0.05) is 23.2 Å². The van der Waals surface area contributed by atoms with Crippen LogP contribution < -0.4 is 15.0 Å². The first kappa shape index (κ1) is 15.5. The van der Waals surface area contributed by atoms with Crippen LogP contribution in [-0.2, 0) is 4.74 Å². The lowest BCUT2D eigenvalue weighted by Gasteiger charge is -2.26. The van der Waals surface area contributed by atoms with E-state index < -0.39 is 0 Å². The number of para-hydroxylation sites is 1. The maximum Gasteiger partial charge on any atom is 0.414 e. The monoisotopic (exact) mass is 338 g/mol. The molecule has 1 fully saturated rings. The van der Waals surface area contributed by atoms with Crippen LogP contribution in [0.15, 0.2) is 48.5 Å². The van der Waals surface area contributed by atoms with E-state index in [0.29, 0.717) is 31.0 Å². The molecule has 6 heteroatoms. The van der Waals surface area contributed by atoms with Crippen LogP contribution in [-0.4, -0.2) is 31.8 Å². The number of amides is 2. The van der Waals surface area contributed by atoms with Gasteiger partial charge in [0.05, 0.1) is 19.2 Å². The number of cyclic esters (lactones) is 1. The lowest BCUT2D eigenvalue weighted by molar-refractivity contribution is 0.0924. The van der Waals surface area contributed by atoms with Crippen molar-refractivity contribution in [2.45, 2.75) is 12.5 Å². The van der Waals surface area contributed by atoms with E-state index in [1.54, 1.807) is 24.3 Å². The molecule has 2 aromatic carbocycles. The van der Waals surface area contributed by atoms with Gasteiger partial charge in [0.2, 0.25) is 0 Å². The Morgan fingerprint density at radius 1 is 1.08 bits per heavy atom. The van der Waals surface area contributed by atoms with Gasteiger partial charge in [0.1, 0.15) is 12.4 Å². The molecule has 1 unspecified atom stereocenters. The third-order valence-corrected chi connectivity index (χ3v) is 4.44. The zero-order valence-electron chi connectivity index (χ0n) is 13.6. The van der Waals surface area contributed by atoms with Gasteiger partial charge in [0.15, 0.2) is 0 Å². The minimum atomic E-state index is -0.379. The summed E-state index contributed by atoms with van der Waals surface area (Å²) < 4.78 is 10.6. The summed E-state index contributed by atoms with van der Waals surface area (Å²) in [7, 11) is 0. The van der Waals surface area contributed by atoms with Gasteiger partial charge in [-0.15, -0.1) is 0 Å². The lowest BCUT2D eigenvalue weighted by atomic mass is 10.00. The van der Waals surface area contributed by atoms with Gasteiger partial charge in [0.25, 0.3) is 5.91 Å². The maximum absolute atomic E-state index is 12.7. The summed E-state index contributed by atoms with van der Waals surface area (Å²) in [6.07, 6.45) is 0.344. The molecular formula is C19H18N2O4. The summed E-state index contributed by atoms with van der Waals surface area (Å²) >= 11 is 0. The highest BCUT2D eigenvalue weighted by Gasteiger charge is 2.26. The molecule has 2 heterocycles. The number of carbonyl (C=O) groups is 2. The molecule has 2 aliphatic heterocycles. The molecule has 6 nitrogen and oxygen atoms in total. The van der Waals surface area contributed by atoms with E-state index in [9.17, 15) is 9.59 Å². The second-order valence-corrected chi connectivity index (χ2v) is 6.02. The van der Waals surface area contributed by atoms with E-state index in [0.717, 1.165) is 17.7 Å². The van der Waals surface area contributed by atoms with Crippen LogP contribution in [0.25, 0.3) is 0 Å². The van der Waals surface area contributed by atoms with Crippen molar-refractivity contribution in [2.75, 3.05) is 24.7 Å². The van der Waals surface area contributed by atoms with Crippen LogP contribution in [0.4, 0.5) is 10.5 Å². The number of rotatable bonds is 3. The second-order valence-electron chi connectivity index (χ2n) is 6.02. The fourth-order valence-corrected chi connectivity index (χ4v) is 3.18. The summed E-state index contributed by atoms with van der Waals surface area (Å²) in [5, 5.41) is 3.07. The second kappa shape index (κ2) is 6.47. The third-order valence-electron chi connectivity index (χ3n) is 4.44. The van der Waals surface area contributed by atoms with Gasteiger partial charge in [-0.05, 0) is 24.3 Å². The third kappa shape index (κ3) is 3.03. The maximum atomic E-state index is 12.7. The molecule has 0 radical (unpaired) electrons. The quantitative estimate of drug-likeness (QED) is 0.934. The number of fused-ring (bicyclic) bond motifs is 1. The number of nitrogens with zero attached hydrogens (tertiary/aromatic N) is 1. The first-order chi connectivity index (χ1) is 12.2. The Balaban J connectivity index is 1.53. The summed E-state index contributed by atoms with van der Waals surface area (Å²) in [6.45, 7) is 1.44. The molecule has 1 atom stereocenters. The molecule has 2 aliphatic rings. The normalized spacial score (nSPS) is 19.0. The van der Waals surface area contributed by atoms with E-state index in [1.807, 2.05) is 24.3 Å². The van der Waals surface area contributed by atoms with Crippen molar-refractivity contribution in [1.29, 1.82) is 0 Å². The Hall–Kier alpha value is -3.02. The number of carbonyl (C=O) groups excluding carboxylic acids is 2. The van der Waals surface area contributed by atoms with Gasteiger partial charge in [-0.25, -0.2) is 4.79 Å². The van der Waals surface area contributed by atoms with Crippen LogP contribution in [0.1, 0.15) is 28.4 Å². The van der Waals surface area contributed by atoms with Gasteiger partial charge in [-0.2, -0.15) is 0 Å². The molecule has 2 amide bonds. The van der Waals surface area contributed by atoms with Crippen LogP contribution >= 0.6 is 0 Å². The molecule has 0 saturated carbocycles. The fraction of sp³-hybridized carbons (Fsp3) is 0.263. The van der Waals surface area contributed by atoms with Crippen molar-refractivity contribution in [3.8, 4) is 5.75 Å². The van der Waals surface area contributed by atoms with Crippen LogP contribution in [0.3, 0.4) is 0 Å². The van der Waals surface area contributed by atoms with Crippen LogP contribution in [0, 0.1) is 0 Å².